The summed E-state index contributed by atoms with van der Waals surface area (Å²) in [6, 6.07) is 14.6. The lowest BCUT2D eigenvalue weighted by molar-refractivity contribution is 0.0951. The highest BCUT2D eigenvalue weighted by molar-refractivity contribution is 5.94. The van der Waals surface area contributed by atoms with E-state index in [4.69, 9.17) is 9.47 Å². The number of carbonyl (C=O) groups is 1. The van der Waals surface area contributed by atoms with Gasteiger partial charge < -0.3 is 14.8 Å². The van der Waals surface area contributed by atoms with Gasteiger partial charge in [0.1, 0.15) is 5.82 Å². The van der Waals surface area contributed by atoms with Gasteiger partial charge in [-0.3, -0.25) is 4.79 Å². The number of amides is 1. The molecule has 1 aromatic heterocycles. The highest BCUT2D eigenvalue weighted by Crippen LogP contribution is 2.39. The van der Waals surface area contributed by atoms with Gasteiger partial charge in [0.05, 0.1) is 12.2 Å². The van der Waals surface area contributed by atoms with Gasteiger partial charge in [0.15, 0.2) is 11.5 Å². The van der Waals surface area contributed by atoms with E-state index in [1.807, 2.05) is 30.3 Å². The molecule has 1 aliphatic heterocycles. The molecule has 1 amide bonds. The van der Waals surface area contributed by atoms with Crippen molar-refractivity contribution in [3.05, 3.63) is 70.4 Å². The van der Waals surface area contributed by atoms with E-state index in [0.717, 1.165) is 24.4 Å². The molecule has 5 rings (SSSR count). The SMILES string of the molecule is O=C(NCCn1nc(C2CC2)n(-c2ccccc2)c1=O)c1ccc2c(c1)OCO2. The fourth-order valence-electron chi connectivity index (χ4n) is 3.41. The van der Waals surface area contributed by atoms with Crippen LogP contribution in [0.1, 0.15) is 34.9 Å². The Labute approximate surface area is 166 Å². The standard InChI is InChI=1S/C21H20N4O4/c26-20(15-8-9-17-18(12-15)29-13-28-17)22-10-11-24-21(27)25(16-4-2-1-3-5-16)19(23-24)14-6-7-14/h1-5,8-9,12,14H,6-7,10-11,13H2,(H,22,26). The van der Waals surface area contributed by atoms with E-state index >= 15 is 0 Å². The molecule has 148 valence electrons. The van der Waals surface area contributed by atoms with Crippen LogP contribution in [-0.4, -0.2) is 33.6 Å². The van der Waals surface area contributed by atoms with Gasteiger partial charge in [0, 0.05) is 18.0 Å². The van der Waals surface area contributed by atoms with Gasteiger partial charge in [-0.05, 0) is 43.2 Å². The summed E-state index contributed by atoms with van der Waals surface area (Å²) in [5.41, 5.74) is 1.11. The second-order valence-corrected chi connectivity index (χ2v) is 7.13. The molecule has 0 bridgehead atoms. The zero-order chi connectivity index (χ0) is 19.8. The first-order valence-corrected chi connectivity index (χ1v) is 9.64. The van der Waals surface area contributed by atoms with Crippen LogP contribution < -0.4 is 20.5 Å². The molecule has 2 aromatic carbocycles. The molecular weight excluding hydrogens is 372 g/mol. The molecule has 2 heterocycles. The maximum atomic E-state index is 12.9. The average molecular weight is 392 g/mol. The fourth-order valence-corrected chi connectivity index (χ4v) is 3.41. The lowest BCUT2D eigenvalue weighted by atomic mass is 10.2. The smallest absolute Gasteiger partial charge is 0.350 e. The Kier molecular flexibility index (Phi) is 4.31. The Balaban J connectivity index is 1.30. The number of carbonyl (C=O) groups excluding carboxylic acids is 1. The minimum absolute atomic E-state index is 0.163. The molecule has 0 saturated heterocycles. The first-order chi connectivity index (χ1) is 14.2. The Morgan fingerprint density at radius 1 is 1.10 bits per heavy atom. The molecule has 1 fully saturated rings. The summed E-state index contributed by atoms with van der Waals surface area (Å²) in [6.07, 6.45) is 2.09. The van der Waals surface area contributed by atoms with Gasteiger partial charge in [-0.2, -0.15) is 5.10 Å². The van der Waals surface area contributed by atoms with Crippen molar-refractivity contribution in [2.75, 3.05) is 13.3 Å². The van der Waals surface area contributed by atoms with Crippen molar-refractivity contribution < 1.29 is 14.3 Å². The van der Waals surface area contributed by atoms with Gasteiger partial charge in [-0.1, -0.05) is 18.2 Å². The maximum absolute atomic E-state index is 12.9. The lowest BCUT2D eigenvalue weighted by Gasteiger charge is -2.06. The van der Waals surface area contributed by atoms with Gasteiger partial charge in [-0.25, -0.2) is 14.0 Å². The lowest BCUT2D eigenvalue weighted by Crippen LogP contribution is -2.32. The summed E-state index contributed by atoms with van der Waals surface area (Å²) in [5.74, 6) is 2.08. The van der Waals surface area contributed by atoms with E-state index in [1.165, 1.54) is 4.68 Å². The zero-order valence-electron chi connectivity index (χ0n) is 15.7. The van der Waals surface area contributed by atoms with Crippen LogP contribution in [0.3, 0.4) is 0 Å². The molecule has 3 aromatic rings. The number of hydrogen-bond acceptors (Lipinski definition) is 5. The van der Waals surface area contributed by atoms with Crippen LogP contribution in [0.5, 0.6) is 11.5 Å². The maximum Gasteiger partial charge on any atom is 0.350 e. The van der Waals surface area contributed by atoms with Crippen molar-refractivity contribution >= 4 is 5.91 Å². The average Bonchev–Trinajstić information content (AvgIpc) is 3.39. The minimum atomic E-state index is -0.235. The number of rotatable bonds is 6. The predicted octanol–water partition coefficient (Wildman–Crippen LogP) is 2.07. The summed E-state index contributed by atoms with van der Waals surface area (Å²) in [6.45, 7) is 0.758. The van der Waals surface area contributed by atoms with Crippen molar-refractivity contribution in [3.8, 4) is 17.2 Å². The van der Waals surface area contributed by atoms with Crippen molar-refractivity contribution in [1.29, 1.82) is 0 Å². The van der Waals surface area contributed by atoms with Gasteiger partial charge in [0.2, 0.25) is 6.79 Å². The highest BCUT2D eigenvalue weighted by atomic mass is 16.7. The Bertz CT molecular complexity index is 1120. The molecule has 29 heavy (non-hydrogen) atoms. The molecule has 1 saturated carbocycles. The van der Waals surface area contributed by atoms with Gasteiger partial charge >= 0.3 is 5.69 Å². The van der Waals surface area contributed by atoms with Crippen LogP contribution >= 0.6 is 0 Å². The molecular formula is C21H20N4O4. The van der Waals surface area contributed by atoms with Crippen molar-refractivity contribution in [2.45, 2.75) is 25.3 Å². The van der Waals surface area contributed by atoms with Gasteiger partial charge in [-0.15, -0.1) is 0 Å². The summed E-state index contributed by atoms with van der Waals surface area (Å²) in [7, 11) is 0. The third kappa shape index (κ3) is 3.37. The summed E-state index contributed by atoms with van der Waals surface area (Å²) in [5, 5.41) is 7.38. The predicted molar refractivity (Wildman–Crippen MR) is 105 cm³/mol. The number of fused-ring (bicyclic) bond motifs is 1. The van der Waals surface area contributed by atoms with Crippen molar-refractivity contribution in [2.24, 2.45) is 0 Å². The normalized spacial score (nSPS) is 14.8. The van der Waals surface area contributed by atoms with E-state index in [1.54, 1.807) is 22.8 Å². The Morgan fingerprint density at radius 3 is 2.69 bits per heavy atom. The van der Waals surface area contributed by atoms with E-state index in [9.17, 15) is 9.59 Å². The topological polar surface area (TPSA) is 87.4 Å². The van der Waals surface area contributed by atoms with Crippen molar-refractivity contribution in [3.63, 3.8) is 0 Å². The van der Waals surface area contributed by atoms with Crippen LogP contribution in [-0.2, 0) is 6.54 Å². The fraction of sp³-hybridized carbons (Fsp3) is 0.286. The van der Waals surface area contributed by atoms with Crippen LogP contribution in [0.15, 0.2) is 53.3 Å². The monoisotopic (exact) mass is 392 g/mol. The second-order valence-electron chi connectivity index (χ2n) is 7.13. The summed E-state index contributed by atoms with van der Waals surface area (Å²) in [4.78, 5) is 25.3. The Hall–Kier alpha value is -3.55. The molecule has 0 atom stereocenters. The van der Waals surface area contributed by atoms with Crippen LogP contribution in [0.2, 0.25) is 0 Å². The Morgan fingerprint density at radius 2 is 1.90 bits per heavy atom. The molecule has 0 radical (unpaired) electrons. The first kappa shape index (κ1) is 17.5. The van der Waals surface area contributed by atoms with E-state index in [2.05, 4.69) is 10.4 Å². The van der Waals surface area contributed by atoms with Gasteiger partial charge in [0.25, 0.3) is 5.91 Å². The van der Waals surface area contributed by atoms with E-state index < -0.39 is 0 Å². The number of nitrogens with one attached hydrogen (secondary N) is 1. The third-order valence-corrected chi connectivity index (χ3v) is 5.07. The highest BCUT2D eigenvalue weighted by Gasteiger charge is 2.31. The summed E-state index contributed by atoms with van der Waals surface area (Å²) >= 11 is 0. The molecule has 8 heteroatoms. The summed E-state index contributed by atoms with van der Waals surface area (Å²) < 4.78 is 13.7. The number of nitrogens with zero attached hydrogens (tertiary/aromatic N) is 3. The largest absolute Gasteiger partial charge is 0.454 e. The zero-order valence-corrected chi connectivity index (χ0v) is 15.7. The van der Waals surface area contributed by atoms with E-state index in [0.29, 0.717) is 36.1 Å². The number of aromatic nitrogens is 3. The van der Waals surface area contributed by atoms with Crippen LogP contribution in [0.25, 0.3) is 5.69 Å². The minimum Gasteiger partial charge on any atom is -0.454 e. The number of benzene rings is 2. The van der Waals surface area contributed by atoms with Crippen LogP contribution in [0.4, 0.5) is 0 Å². The molecule has 0 unspecified atom stereocenters. The quantitative estimate of drug-likeness (QED) is 0.694. The molecule has 1 aliphatic carbocycles. The van der Waals surface area contributed by atoms with Crippen molar-refractivity contribution in [1.82, 2.24) is 19.7 Å². The number of ether oxygens (including phenoxy) is 2. The number of para-hydroxylation sites is 1. The third-order valence-electron chi connectivity index (χ3n) is 5.07. The van der Waals surface area contributed by atoms with Crippen LogP contribution in [0, 0.1) is 0 Å². The first-order valence-electron chi connectivity index (χ1n) is 9.64. The molecule has 0 spiro atoms. The molecule has 8 nitrogen and oxygen atoms in total. The molecule has 2 aliphatic rings. The molecule has 1 N–H and O–H groups in total. The van der Waals surface area contributed by atoms with E-state index in [-0.39, 0.29) is 18.4 Å². The number of hydrogen-bond donors (Lipinski definition) is 1. The second kappa shape index (κ2) is 7.12.